The van der Waals surface area contributed by atoms with E-state index in [0.29, 0.717) is 43.0 Å². The molecule has 1 atom stereocenters. The van der Waals surface area contributed by atoms with Crippen LogP contribution in [-0.4, -0.2) is 55.0 Å². The molecule has 0 radical (unpaired) electrons. The number of halogens is 1. The fourth-order valence-corrected chi connectivity index (χ4v) is 2.63. The van der Waals surface area contributed by atoms with E-state index >= 15 is 0 Å². The highest BCUT2D eigenvalue weighted by atomic mass is 35.5. The number of rotatable bonds is 2. The fraction of sp³-hybridized carbons (Fsp3) is 0.400. The standard InChI is InChI=1S/C15H17ClN4O3/c16-10-3-1-2-4-11(10)17-14(22)12-9-13(21)19-15(18-12)20-5-7-23-8-6-20/h1-4,12H,5-9H2,(H,17,22)(H,18,19,21)/t12-/m1/s1. The Morgan fingerprint density at radius 3 is 2.83 bits per heavy atom. The number of hydrogen-bond acceptors (Lipinski definition) is 5. The van der Waals surface area contributed by atoms with E-state index in [4.69, 9.17) is 16.3 Å². The van der Waals surface area contributed by atoms with E-state index in [2.05, 4.69) is 15.6 Å². The second-order valence-corrected chi connectivity index (χ2v) is 5.70. The summed E-state index contributed by atoms with van der Waals surface area (Å²) in [6.07, 6.45) is 0.0180. The summed E-state index contributed by atoms with van der Waals surface area (Å²) >= 11 is 6.03. The van der Waals surface area contributed by atoms with E-state index in [9.17, 15) is 9.59 Å². The lowest BCUT2D eigenvalue weighted by molar-refractivity contribution is -0.125. The van der Waals surface area contributed by atoms with Crippen molar-refractivity contribution < 1.29 is 14.3 Å². The van der Waals surface area contributed by atoms with Gasteiger partial charge in [0.25, 0.3) is 0 Å². The maximum absolute atomic E-state index is 12.4. The summed E-state index contributed by atoms with van der Waals surface area (Å²) in [7, 11) is 0. The molecule has 2 aliphatic rings. The van der Waals surface area contributed by atoms with Crippen molar-refractivity contribution in [3.63, 3.8) is 0 Å². The van der Waals surface area contributed by atoms with Gasteiger partial charge in [0, 0.05) is 13.1 Å². The second-order valence-electron chi connectivity index (χ2n) is 5.29. The van der Waals surface area contributed by atoms with Crippen LogP contribution < -0.4 is 10.6 Å². The Morgan fingerprint density at radius 2 is 2.09 bits per heavy atom. The highest BCUT2D eigenvalue weighted by Gasteiger charge is 2.30. The van der Waals surface area contributed by atoms with Crippen LogP contribution in [0.1, 0.15) is 6.42 Å². The van der Waals surface area contributed by atoms with Crippen molar-refractivity contribution in [3.05, 3.63) is 29.3 Å². The predicted molar refractivity (Wildman–Crippen MR) is 86.5 cm³/mol. The van der Waals surface area contributed by atoms with Gasteiger partial charge in [-0.2, -0.15) is 0 Å². The van der Waals surface area contributed by atoms with Crippen molar-refractivity contribution in [3.8, 4) is 0 Å². The SMILES string of the molecule is O=C1C[C@H](C(=O)Nc2ccccc2Cl)N=C(N2CCOCC2)N1. The Labute approximate surface area is 138 Å². The minimum atomic E-state index is -0.766. The number of morpholine rings is 1. The van der Waals surface area contributed by atoms with Crippen LogP contribution in [0.15, 0.2) is 29.3 Å². The lowest BCUT2D eigenvalue weighted by Gasteiger charge is -2.32. The first kappa shape index (κ1) is 15.8. The number of anilines is 1. The summed E-state index contributed by atoms with van der Waals surface area (Å²) in [6.45, 7) is 2.42. The van der Waals surface area contributed by atoms with Crippen LogP contribution in [0.5, 0.6) is 0 Å². The summed E-state index contributed by atoms with van der Waals surface area (Å²) in [6, 6.07) is 6.18. The summed E-state index contributed by atoms with van der Waals surface area (Å²) in [5, 5.41) is 5.89. The summed E-state index contributed by atoms with van der Waals surface area (Å²) in [5.74, 6) is -0.136. The molecule has 0 spiro atoms. The Balaban J connectivity index is 1.73. The third-order valence-electron chi connectivity index (χ3n) is 3.65. The molecule has 0 aliphatic carbocycles. The van der Waals surface area contributed by atoms with Gasteiger partial charge in [-0.3, -0.25) is 14.9 Å². The number of carbonyl (C=O) groups is 2. The predicted octanol–water partition coefficient (Wildman–Crippen LogP) is 0.855. The highest BCUT2D eigenvalue weighted by molar-refractivity contribution is 6.33. The molecule has 2 heterocycles. The Bertz CT molecular complexity index is 643. The largest absolute Gasteiger partial charge is 0.378 e. The molecule has 0 saturated carbocycles. The van der Waals surface area contributed by atoms with Crippen LogP contribution in [0.2, 0.25) is 5.02 Å². The lowest BCUT2D eigenvalue weighted by atomic mass is 10.1. The first-order chi connectivity index (χ1) is 11.1. The zero-order chi connectivity index (χ0) is 16.2. The van der Waals surface area contributed by atoms with Gasteiger partial charge in [-0.1, -0.05) is 23.7 Å². The van der Waals surface area contributed by atoms with E-state index in [1.807, 2.05) is 4.90 Å². The van der Waals surface area contributed by atoms with Crippen LogP contribution in [0, 0.1) is 0 Å². The van der Waals surface area contributed by atoms with E-state index in [1.54, 1.807) is 24.3 Å². The highest BCUT2D eigenvalue weighted by Crippen LogP contribution is 2.21. The third kappa shape index (κ3) is 3.80. The second kappa shape index (κ2) is 6.97. The molecule has 23 heavy (non-hydrogen) atoms. The fourth-order valence-electron chi connectivity index (χ4n) is 2.44. The molecule has 0 bridgehead atoms. The van der Waals surface area contributed by atoms with Gasteiger partial charge < -0.3 is 15.0 Å². The van der Waals surface area contributed by atoms with Gasteiger partial charge in [0.05, 0.1) is 30.3 Å². The van der Waals surface area contributed by atoms with Gasteiger partial charge in [-0.15, -0.1) is 0 Å². The number of benzene rings is 1. The number of carbonyl (C=O) groups excluding carboxylic acids is 2. The van der Waals surface area contributed by atoms with Gasteiger partial charge in [0.1, 0.15) is 6.04 Å². The maximum Gasteiger partial charge on any atom is 0.249 e. The van der Waals surface area contributed by atoms with Crippen LogP contribution in [0.25, 0.3) is 0 Å². The number of nitrogens with one attached hydrogen (secondary N) is 2. The molecule has 1 fully saturated rings. The molecule has 2 aliphatic heterocycles. The average Bonchev–Trinajstić information content (AvgIpc) is 2.57. The third-order valence-corrected chi connectivity index (χ3v) is 3.98. The van der Waals surface area contributed by atoms with Crippen molar-refractivity contribution >= 4 is 35.1 Å². The molecule has 2 N–H and O–H groups in total. The Morgan fingerprint density at radius 1 is 1.35 bits per heavy atom. The van der Waals surface area contributed by atoms with E-state index in [1.165, 1.54) is 0 Å². The van der Waals surface area contributed by atoms with Crippen LogP contribution in [0.4, 0.5) is 5.69 Å². The topological polar surface area (TPSA) is 83.0 Å². The van der Waals surface area contributed by atoms with Gasteiger partial charge in [-0.05, 0) is 12.1 Å². The molecule has 2 amide bonds. The van der Waals surface area contributed by atoms with Crippen molar-refractivity contribution in [1.29, 1.82) is 0 Å². The lowest BCUT2D eigenvalue weighted by Crippen LogP contribution is -2.53. The van der Waals surface area contributed by atoms with Crippen molar-refractivity contribution in [2.75, 3.05) is 31.6 Å². The van der Waals surface area contributed by atoms with E-state index in [0.717, 1.165) is 0 Å². The van der Waals surface area contributed by atoms with Gasteiger partial charge >= 0.3 is 0 Å². The quantitative estimate of drug-likeness (QED) is 0.839. The summed E-state index contributed by atoms with van der Waals surface area (Å²) in [4.78, 5) is 30.6. The van der Waals surface area contributed by atoms with Crippen LogP contribution in [0.3, 0.4) is 0 Å². The van der Waals surface area contributed by atoms with Crippen molar-refractivity contribution in [2.45, 2.75) is 12.5 Å². The minimum Gasteiger partial charge on any atom is -0.378 e. The molecule has 1 aromatic rings. The number of nitrogens with zero attached hydrogens (tertiary/aromatic N) is 2. The summed E-state index contributed by atoms with van der Waals surface area (Å²) < 4.78 is 5.28. The first-order valence-electron chi connectivity index (χ1n) is 7.39. The van der Waals surface area contributed by atoms with Gasteiger partial charge in [0.15, 0.2) is 0 Å². The Hall–Kier alpha value is -2.12. The molecule has 3 rings (SSSR count). The molecule has 7 nitrogen and oxygen atoms in total. The Kier molecular flexibility index (Phi) is 4.78. The molecular formula is C15H17ClN4O3. The van der Waals surface area contributed by atoms with Crippen LogP contribution in [-0.2, 0) is 14.3 Å². The smallest absolute Gasteiger partial charge is 0.249 e. The maximum atomic E-state index is 12.4. The zero-order valence-corrected chi connectivity index (χ0v) is 13.2. The van der Waals surface area contributed by atoms with E-state index < -0.39 is 6.04 Å². The summed E-state index contributed by atoms with van der Waals surface area (Å²) in [5.41, 5.74) is 0.508. The molecule has 122 valence electrons. The first-order valence-corrected chi connectivity index (χ1v) is 7.77. The number of guanidine groups is 1. The van der Waals surface area contributed by atoms with Gasteiger partial charge in [0.2, 0.25) is 17.8 Å². The molecule has 0 unspecified atom stereocenters. The number of ether oxygens (including phenoxy) is 1. The van der Waals surface area contributed by atoms with Gasteiger partial charge in [-0.25, -0.2) is 4.99 Å². The zero-order valence-electron chi connectivity index (χ0n) is 12.4. The molecule has 8 heteroatoms. The molecular weight excluding hydrogens is 320 g/mol. The minimum absolute atomic E-state index is 0.0180. The number of hydrogen-bond donors (Lipinski definition) is 2. The molecule has 1 saturated heterocycles. The normalized spacial score (nSPS) is 21.4. The average molecular weight is 337 g/mol. The monoisotopic (exact) mass is 336 g/mol. The van der Waals surface area contributed by atoms with Crippen molar-refractivity contribution in [1.82, 2.24) is 10.2 Å². The number of para-hydroxylation sites is 1. The number of aliphatic imine (C=N–C) groups is 1. The number of amides is 2. The van der Waals surface area contributed by atoms with E-state index in [-0.39, 0.29) is 18.2 Å². The molecule has 1 aromatic carbocycles. The van der Waals surface area contributed by atoms with Crippen molar-refractivity contribution in [2.24, 2.45) is 4.99 Å². The van der Waals surface area contributed by atoms with Crippen LogP contribution >= 0.6 is 11.6 Å². The molecule has 0 aromatic heterocycles.